The molecular formula is C21H28N2O4. The lowest BCUT2D eigenvalue weighted by Gasteiger charge is -2.26. The van der Waals surface area contributed by atoms with Crippen molar-refractivity contribution in [3.05, 3.63) is 54.1 Å². The van der Waals surface area contributed by atoms with E-state index in [1.54, 1.807) is 33.3 Å². The van der Waals surface area contributed by atoms with Gasteiger partial charge in [-0.05, 0) is 50.8 Å². The van der Waals surface area contributed by atoms with Gasteiger partial charge in [-0.1, -0.05) is 18.2 Å². The van der Waals surface area contributed by atoms with E-state index in [2.05, 4.69) is 10.2 Å². The zero-order chi connectivity index (χ0) is 19.8. The number of likely N-dealkylation sites (N-methyl/N-ethyl adjacent to an activating group) is 1. The Balaban J connectivity index is 1.95. The molecule has 146 valence electrons. The van der Waals surface area contributed by atoms with E-state index in [0.29, 0.717) is 18.0 Å². The maximum Gasteiger partial charge on any atom is 0.260 e. The number of rotatable bonds is 9. The molecule has 0 aliphatic rings. The number of nitrogens with zero attached hydrogens (tertiary/aromatic N) is 1. The predicted octanol–water partition coefficient (Wildman–Crippen LogP) is 2.89. The average molecular weight is 372 g/mol. The molecular weight excluding hydrogens is 344 g/mol. The number of hydrogen-bond donors (Lipinski definition) is 1. The van der Waals surface area contributed by atoms with E-state index in [9.17, 15) is 4.79 Å². The van der Waals surface area contributed by atoms with Crippen molar-refractivity contribution >= 4 is 5.91 Å². The first-order valence-electron chi connectivity index (χ1n) is 8.83. The van der Waals surface area contributed by atoms with E-state index in [1.807, 2.05) is 50.5 Å². The Bertz CT molecular complexity index is 731. The molecule has 2 aromatic rings. The van der Waals surface area contributed by atoms with E-state index < -0.39 is 6.10 Å². The first-order chi connectivity index (χ1) is 12.9. The molecule has 2 aromatic carbocycles. The maximum absolute atomic E-state index is 12.5. The number of hydrogen-bond acceptors (Lipinski definition) is 5. The van der Waals surface area contributed by atoms with E-state index >= 15 is 0 Å². The van der Waals surface area contributed by atoms with Gasteiger partial charge in [-0.15, -0.1) is 0 Å². The monoisotopic (exact) mass is 372 g/mol. The van der Waals surface area contributed by atoms with Gasteiger partial charge >= 0.3 is 0 Å². The van der Waals surface area contributed by atoms with Crippen molar-refractivity contribution < 1.29 is 19.0 Å². The molecule has 27 heavy (non-hydrogen) atoms. The number of carbonyl (C=O) groups excluding carboxylic acids is 1. The molecule has 1 N–H and O–H groups in total. The Morgan fingerprint density at radius 1 is 1.00 bits per heavy atom. The third-order valence-corrected chi connectivity index (χ3v) is 4.32. The molecule has 0 saturated heterocycles. The molecule has 0 aromatic heterocycles. The Morgan fingerprint density at radius 2 is 1.63 bits per heavy atom. The van der Waals surface area contributed by atoms with Gasteiger partial charge < -0.3 is 24.4 Å². The summed E-state index contributed by atoms with van der Waals surface area (Å²) in [4.78, 5) is 14.5. The van der Waals surface area contributed by atoms with E-state index in [1.165, 1.54) is 0 Å². The number of nitrogens with one attached hydrogen (secondary N) is 1. The second-order valence-corrected chi connectivity index (χ2v) is 6.44. The molecule has 6 nitrogen and oxygen atoms in total. The average Bonchev–Trinajstić information content (AvgIpc) is 2.68. The summed E-state index contributed by atoms with van der Waals surface area (Å²) < 4.78 is 16.1. The summed E-state index contributed by atoms with van der Waals surface area (Å²) in [6, 6.07) is 15.1. The van der Waals surface area contributed by atoms with Gasteiger partial charge in [-0.25, -0.2) is 0 Å². The highest BCUT2D eigenvalue weighted by Crippen LogP contribution is 2.22. The Labute approximate surface area is 161 Å². The van der Waals surface area contributed by atoms with E-state index in [4.69, 9.17) is 14.2 Å². The summed E-state index contributed by atoms with van der Waals surface area (Å²) in [6.07, 6.45) is -0.615. The highest BCUT2D eigenvalue weighted by atomic mass is 16.5. The summed E-state index contributed by atoms with van der Waals surface area (Å²) >= 11 is 0. The number of carbonyl (C=O) groups is 1. The standard InChI is InChI=1S/C21H28N2O4/c1-15(27-19-8-6-7-18(13-19)26-5)21(24)22-14-20(23(2)3)16-9-11-17(25-4)12-10-16/h6-13,15,20H,14H2,1-5H3,(H,22,24). The van der Waals surface area contributed by atoms with Crippen LogP contribution in [0.2, 0.25) is 0 Å². The summed E-state index contributed by atoms with van der Waals surface area (Å²) in [5, 5.41) is 2.97. The van der Waals surface area contributed by atoms with Gasteiger partial charge in [0.15, 0.2) is 6.10 Å². The maximum atomic E-state index is 12.5. The molecule has 0 spiro atoms. The number of benzene rings is 2. The summed E-state index contributed by atoms with van der Waals surface area (Å²) in [7, 11) is 7.20. The molecule has 0 bridgehead atoms. The quantitative estimate of drug-likeness (QED) is 0.733. The van der Waals surface area contributed by atoms with E-state index in [0.717, 1.165) is 11.3 Å². The summed E-state index contributed by atoms with van der Waals surface area (Å²) in [6.45, 7) is 2.21. The van der Waals surface area contributed by atoms with Crippen LogP contribution in [-0.4, -0.2) is 51.8 Å². The fourth-order valence-electron chi connectivity index (χ4n) is 2.70. The normalized spacial score (nSPS) is 13.0. The fraction of sp³-hybridized carbons (Fsp3) is 0.381. The molecule has 2 rings (SSSR count). The minimum absolute atomic E-state index is 0.0453. The first-order valence-corrected chi connectivity index (χ1v) is 8.83. The van der Waals surface area contributed by atoms with Crippen LogP contribution in [0.25, 0.3) is 0 Å². The van der Waals surface area contributed by atoms with Crippen molar-refractivity contribution in [1.29, 1.82) is 0 Å². The van der Waals surface area contributed by atoms with Gasteiger partial charge in [0, 0.05) is 12.6 Å². The van der Waals surface area contributed by atoms with Crippen LogP contribution in [0.3, 0.4) is 0 Å². The van der Waals surface area contributed by atoms with Crippen molar-refractivity contribution in [2.45, 2.75) is 19.1 Å². The fourth-order valence-corrected chi connectivity index (χ4v) is 2.70. The third-order valence-electron chi connectivity index (χ3n) is 4.32. The van der Waals surface area contributed by atoms with Crippen molar-refractivity contribution in [3.63, 3.8) is 0 Å². The highest BCUT2D eigenvalue weighted by molar-refractivity contribution is 5.80. The Kier molecular flexibility index (Phi) is 7.49. The minimum Gasteiger partial charge on any atom is -0.497 e. The van der Waals surface area contributed by atoms with Crippen LogP contribution >= 0.6 is 0 Å². The third kappa shape index (κ3) is 5.89. The predicted molar refractivity (Wildman–Crippen MR) is 106 cm³/mol. The van der Waals surface area contributed by atoms with Gasteiger partial charge in [0.1, 0.15) is 17.2 Å². The van der Waals surface area contributed by atoms with Crippen LogP contribution in [0.5, 0.6) is 17.2 Å². The molecule has 0 saturated carbocycles. The van der Waals surface area contributed by atoms with Crippen LogP contribution in [0, 0.1) is 0 Å². The SMILES string of the molecule is COc1ccc(C(CNC(=O)C(C)Oc2cccc(OC)c2)N(C)C)cc1. The van der Waals surface area contributed by atoms with Gasteiger partial charge in [-0.2, -0.15) is 0 Å². The van der Waals surface area contributed by atoms with Gasteiger partial charge in [0.05, 0.1) is 20.3 Å². The minimum atomic E-state index is -0.615. The largest absolute Gasteiger partial charge is 0.497 e. The summed E-state index contributed by atoms with van der Waals surface area (Å²) in [5.41, 5.74) is 1.10. The van der Waals surface area contributed by atoms with Gasteiger partial charge in [0.2, 0.25) is 0 Å². The molecule has 0 heterocycles. The molecule has 1 amide bonds. The van der Waals surface area contributed by atoms with E-state index in [-0.39, 0.29) is 11.9 Å². The van der Waals surface area contributed by atoms with Crippen molar-refractivity contribution in [1.82, 2.24) is 10.2 Å². The number of methoxy groups -OCH3 is 2. The van der Waals surface area contributed by atoms with Gasteiger partial charge in [-0.3, -0.25) is 4.79 Å². The molecule has 0 aliphatic carbocycles. The van der Waals surface area contributed by atoms with Crippen LogP contribution in [0.15, 0.2) is 48.5 Å². The molecule has 0 radical (unpaired) electrons. The lowest BCUT2D eigenvalue weighted by atomic mass is 10.1. The van der Waals surface area contributed by atoms with Crippen molar-refractivity contribution in [2.75, 3.05) is 34.9 Å². The van der Waals surface area contributed by atoms with Crippen LogP contribution < -0.4 is 19.5 Å². The Morgan fingerprint density at radius 3 is 2.22 bits per heavy atom. The van der Waals surface area contributed by atoms with Gasteiger partial charge in [0.25, 0.3) is 5.91 Å². The number of amides is 1. The molecule has 0 aliphatic heterocycles. The van der Waals surface area contributed by atoms with Crippen LogP contribution in [-0.2, 0) is 4.79 Å². The van der Waals surface area contributed by atoms with Crippen molar-refractivity contribution in [3.8, 4) is 17.2 Å². The Hall–Kier alpha value is -2.73. The van der Waals surface area contributed by atoms with Crippen LogP contribution in [0.4, 0.5) is 0 Å². The smallest absolute Gasteiger partial charge is 0.260 e. The molecule has 2 atom stereocenters. The second kappa shape index (κ2) is 9.83. The van der Waals surface area contributed by atoms with Crippen molar-refractivity contribution in [2.24, 2.45) is 0 Å². The van der Waals surface area contributed by atoms with Crippen LogP contribution in [0.1, 0.15) is 18.5 Å². The molecule has 6 heteroatoms. The summed E-state index contributed by atoms with van der Waals surface area (Å²) in [5.74, 6) is 1.92. The zero-order valence-corrected chi connectivity index (χ0v) is 16.6. The lowest BCUT2D eigenvalue weighted by Crippen LogP contribution is -2.41. The first kappa shape index (κ1) is 20.6. The second-order valence-electron chi connectivity index (χ2n) is 6.44. The molecule has 0 fully saturated rings. The topological polar surface area (TPSA) is 60.0 Å². The molecule has 2 unspecified atom stereocenters. The zero-order valence-electron chi connectivity index (χ0n) is 16.6. The number of ether oxygens (including phenoxy) is 3. The lowest BCUT2D eigenvalue weighted by molar-refractivity contribution is -0.127. The highest BCUT2D eigenvalue weighted by Gasteiger charge is 2.19.